The molecule has 2 N–H and O–H groups in total. The Morgan fingerprint density at radius 2 is 1.84 bits per heavy atom. The topological polar surface area (TPSA) is 150 Å². The number of nitrogens with one attached hydrogen (secondary N) is 1. The van der Waals surface area contributed by atoms with Crippen molar-refractivity contribution in [1.82, 2.24) is 9.88 Å². The number of esters is 1. The third kappa shape index (κ3) is 4.78. The second kappa shape index (κ2) is 8.95. The molecule has 3 aromatic rings. The van der Waals surface area contributed by atoms with E-state index in [-0.39, 0.29) is 17.9 Å². The Morgan fingerprint density at radius 1 is 1.16 bits per heavy atom. The average molecular weight is 427 g/mol. The summed E-state index contributed by atoms with van der Waals surface area (Å²) in [6, 6.07) is 10.4. The van der Waals surface area contributed by atoms with E-state index in [4.69, 9.17) is 9.47 Å². The highest BCUT2D eigenvalue weighted by Crippen LogP contribution is 2.23. The van der Waals surface area contributed by atoms with E-state index in [9.17, 15) is 29.6 Å². The zero-order valence-electron chi connectivity index (χ0n) is 16.2. The number of nitrogens with zero attached hydrogens (tertiary/aromatic N) is 2. The number of ether oxygens (including phenoxy) is 2. The summed E-state index contributed by atoms with van der Waals surface area (Å²) in [5.74, 6) is -0.720. The van der Waals surface area contributed by atoms with Crippen LogP contribution < -0.4 is 10.1 Å². The number of carbonyl (C=O) groups is 3. The van der Waals surface area contributed by atoms with Gasteiger partial charge in [0.25, 0.3) is 5.69 Å². The first-order valence-electron chi connectivity index (χ1n) is 8.93. The number of amides is 1. The van der Waals surface area contributed by atoms with Crippen LogP contribution in [0.15, 0.2) is 54.7 Å². The van der Waals surface area contributed by atoms with Gasteiger partial charge in [-0.15, -0.1) is 0 Å². The minimum absolute atomic E-state index is 0.0363. The van der Waals surface area contributed by atoms with E-state index in [1.165, 1.54) is 30.5 Å². The SMILES string of the molecule is COC(=O)C(Cc1cn(C(=O)O)c2ccccc12)NC(=O)Oc1ccc([N+](=O)[O-])cc1. The summed E-state index contributed by atoms with van der Waals surface area (Å²) >= 11 is 0. The van der Waals surface area contributed by atoms with Gasteiger partial charge >= 0.3 is 18.2 Å². The summed E-state index contributed by atoms with van der Waals surface area (Å²) in [6.45, 7) is 0. The van der Waals surface area contributed by atoms with E-state index < -0.39 is 29.1 Å². The van der Waals surface area contributed by atoms with E-state index in [1.807, 2.05) is 0 Å². The maximum Gasteiger partial charge on any atom is 0.416 e. The van der Waals surface area contributed by atoms with Crippen LogP contribution in [-0.4, -0.2) is 45.9 Å². The van der Waals surface area contributed by atoms with Crippen molar-refractivity contribution in [2.75, 3.05) is 7.11 Å². The molecule has 2 aromatic carbocycles. The standard InChI is InChI=1S/C20H17N3O8/c1-30-18(24)16(21-19(25)31-14-8-6-13(7-9-14)23(28)29)10-12-11-22(20(26)27)17-5-3-2-4-15(12)17/h2-9,11,16H,10H2,1H3,(H,21,25)(H,26,27). The predicted molar refractivity (Wildman–Crippen MR) is 107 cm³/mol. The first-order chi connectivity index (χ1) is 14.8. The van der Waals surface area contributed by atoms with Crippen molar-refractivity contribution in [3.8, 4) is 5.75 Å². The fraction of sp³-hybridized carbons (Fsp3) is 0.150. The van der Waals surface area contributed by atoms with Crippen molar-refractivity contribution in [2.24, 2.45) is 0 Å². The van der Waals surface area contributed by atoms with Crippen molar-refractivity contribution in [1.29, 1.82) is 0 Å². The molecule has 31 heavy (non-hydrogen) atoms. The Bertz CT molecular complexity index is 1150. The molecule has 11 heteroatoms. The highest BCUT2D eigenvalue weighted by Gasteiger charge is 2.25. The monoisotopic (exact) mass is 427 g/mol. The number of para-hydroxylation sites is 1. The number of non-ortho nitro benzene ring substituents is 1. The van der Waals surface area contributed by atoms with Crippen molar-refractivity contribution >= 4 is 34.7 Å². The Balaban J connectivity index is 1.79. The molecule has 1 atom stereocenters. The Labute approximate surface area is 174 Å². The normalized spacial score (nSPS) is 11.5. The molecule has 1 aromatic heterocycles. The van der Waals surface area contributed by atoms with Crippen LogP contribution >= 0.6 is 0 Å². The molecular formula is C20H17N3O8. The third-order valence-electron chi connectivity index (χ3n) is 4.46. The van der Waals surface area contributed by atoms with Crippen LogP contribution in [0.25, 0.3) is 10.9 Å². The molecule has 0 aliphatic heterocycles. The highest BCUT2D eigenvalue weighted by molar-refractivity contribution is 5.92. The number of hydrogen-bond acceptors (Lipinski definition) is 7. The van der Waals surface area contributed by atoms with Gasteiger partial charge < -0.3 is 19.9 Å². The largest absolute Gasteiger partial charge is 0.467 e. The van der Waals surface area contributed by atoms with Crippen LogP contribution in [0.3, 0.4) is 0 Å². The number of hydrogen-bond donors (Lipinski definition) is 2. The Morgan fingerprint density at radius 3 is 2.45 bits per heavy atom. The minimum atomic E-state index is -1.19. The molecule has 0 saturated carbocycles. The van der Waals surface area contributed by atoms with Crippen LogP contribution in [0.4, 0.5) is 15.3 Å². The fourth-order valence-electron chi connectivity index (χ4n) is 3.04. The fourth-order valence-corrected chi connectivity index (χ4v) is 3.04. The molecule has 1 amide bonds. The van der Waals surface area contributed by atoms with Crippen molar-refractivity contribution in [3.63, 3.8) is 0 Å². The highest BCUT2D eigenvalue weighted by atomic mass is 16.6. The zero-order chi connectivity index (χ0) is 22.5. The molecular weight excluding hydrogens is 410 g/mol. The zero-order valence-corrected chi connectivity index (χ0v) is 16.2. The minimum Gasteiger partial charge on any atom is -0.467 e. The summed E-state index contributed by atoms with van der Waals surface area (Å²) in [7, 11) is 1.15. The molecule has 160 valence electrons. The molecule has 0 radical (unpaired) electrons. The van der Waals surface area contributed by atoms with Crippen LogP contribution in [0.1, 0.15) is 5.56 Å². The predicted octanol–water partition coefficient (Wildman–Crippen LogP) is 2.95. The van der Waals surface area contributed by atoms with E-state index in [2.05, 4.69) is 5.32 Å². The summed E-state index contributed by atoms with van der Waals surface area (Å²) in [5, 5.41) is 23.1. The Kier molecular flexibility index (Phi) is 6.15. The molecule has 0 aliphatic carbocycles. The molecule has 0 spiro atoms. The average Bonchev–Trinajstić information content (AvgIpc) is 3.12. The number of aromatic nitrogens is 1. The molecule has 1 unspecified atom stereocenters. The van der Waals surface area contributed by atoms with E-state index in [1.54, 1.807) is 24.3 Å². The number of rotatable bonds is 6. The lowest BCUT2D eigenvalue weighted by Crippen LogP contribution is -2.44. The van der Waals surface area contributed by atoms with Gasteiger partial charge in [0.1, 0.15) is 11.8 Å². The van der Waals surface area contributed by atoms with Gasteiger partial charge in [-0.1, -0.05) is 18.2 Å². The summed E-state index contributed by atoms with van der Waals surface area (Å²) < 4.78 is 10.8. The third-order valence-corrected chi connectivity index (χ3v) is 4.46. The smallest absolute Gasteiger partial charge is 0.416 e. The number of fused-ring (bicyclic) bond motifs is 1. The van der Waals surface area contributed by atoms with Gasteiger partial charge in [0, 0.05) is 30.1 Å². The van der Waals surface area contributed by atoms with Crippen LogP contribution in [0, 0.1) is 10.1 Å². The van der Waals surface area contributed by atoms with Gasteiger partial charge in [0.05, 0.1) is 17.5 Å². The van der Waals surface area contributed by atoms with E-state index in [0.717, 1.165) is 11.7 Å². The van der Waals surface area contributed by atoms with Gasteiger partial charge in [-0.2, -0.15) is 0 Å². The van der Waals surface area contributed by atoms with Gasteiger partial charge in [0.2, 0.25) is 0 Å². The molecule has 0 fully saturated rings. The van der Waals surface area contributed by atoms with Crippen molar-refractivity contribution in [3.05, 3.63) is 70.4 Å². The van der Waals surface area contributed by atoms with E-state index >= 15 is 0 Å². The van der Waals surface area contributed by atoms with Crippen LogP contribution in [0.2, 0.25) is 0 Å². The molecule has 11 nitrogen and oxygen atoms in total. The van der Waals surface area contributed by atoms with Crippen molar-refractivity contribution < 1.29 is 33.9 Å². The molecule has 1 heterocycles. The second-order valence-corrected chi connectivity index (χ2v) is 6.39. The number of carboxylic acid groups (broad SMARTS) is 1. The lowest BCUT2D eigenvalue weighted by molar-refractivity contribution is -0.384. The van der Waals surface area contributed by atoms with Gasteiger partial charge in [-0.05, 0) is 23.8 Å². The maximum absolute atomic E-state index is 12.3. The number of nitro groups is 1. The molecule has 3 rings (SSSR count). The quantitative estimate of drug-likeness (QED) is 0.346. The Hall–Kier alpha value is -4.41. The van der Waals surface area contributed by atoms with Crippen LogP contribution in [-0.2, 0) is 16.0 Å². The molecule has 0 saturated heterocycles. The molecule has 0 aliphatic rings. The first-order valence-corrected chi connectivity index (χ1v) is 8.93. The lowest BCUT2D eigenvalue weighted by atomic mass is 10.1. The summed E-state index contributed by atoms with van der Waals surface area (Å²) in [4.78, 5) is 46.1. The summed E-state index contributed by atoms with van der Waals surface area (Å²) in [6.07, 6.45) is -0.858. The van der Waals surface area contributed by atoms with Crippen molar-refractivity contribution in [2.45, 2.75) is 12.5 Å². The number of carbonyl (C=O) groups excluding carboxylic acids is 2. The maximum atomic E-state index is 12.3. The summed E-state index contributed by atoms with van der Waals surface area (Å²) in [5.41, 5.74) is 0.765. The molecule has 0 bridgehead atoms. The van der Waals surface area contributed by atoms with Gasteiger partial charge in [-0.3, -0.25) is 14.7 Å². The lowest BCUT2D eigenvalue weighted by Gasteiger charge is -2.16. The number of nitro benzene ring substituents is 1. The first kappa shape index (κ1) is 21.3. The van der Waals surface area contributed by atoms with Crippen LogP contribution in [0.5, 0.6) is 5.75 Å². The van der Waals surface area contributed by atoms with Gasteiger partial charge in [0.15, 0.2) is 0 Å². The number of benzene rings is 2. The van der Waals surface area contributed by atoms with Gasteiger partial charge in [-0.25, -0.2) is 14.4 Å². The second-order valence-electron chi connectivity index (χ2n) is 6.39. The number of methoxy groups -OCH3 is 1. The van der Waals surface area contributed by atoms with E-state index in [0.29, 0.717) is 16.5 Å².